The second-order valence-electron chi connectivity index (χ2n) is 6.70. The summed E-state index contributed by atoms with van der Waals surface area (Å²) in [5, 5.41) is 14.0. The van der Waals surface area contributed by atoms with Crippen LogP contribution in [0.25, 0.3) is 10.4 Å². The minimum Gasteiger partial charge on any atom is -0.370 e. The van der Waals surface area contributed by atoms with Crippen LogP contribution < -0.4 is 0 Å². The van der Waals surface area contributed by atoms with E-state index >= 15 is 0 Å². The van der Waals surface area contributed by atoms with Crippen molar-refractivity contribution in [2.75, 3.05) is 6.61 Å². The van der Waals surface area contributed by atoms with E-state index in [-0.39, 0.29) is 6.61 Å². The number of benzene rings is 2. The predicted octanol–water partition coefficient (Wildman–Crippen LogP) is 3.08. The van der Waals surface area contributed by atoms with Crippen LogP contribution in [0.1, 0.15) is 17.4 Å². The van der Waals surface area contributed by atoms with Crippen molar-refractivity contribution in [3.63, 3.8) is 0 Å². The zero-order chi connectivity index (χ0) is 19.3. The Morgan fingerprint density at radius 2 is 1.79 bits per heavy atom. The number of fused-ring (bicyclic) bond motifs is 1. The van der Waals surface area contributed by atoms with Crippen molar-refractivity contribution >= 4 is 0 Å². The van der Waals surface area contributed by atoms with Crippen molar-refractivity contribution in [1.29, 1.82) is 0 Å². The Hall–Kier alpha value is -2.45. The molecule has 2 heterocycles. The predicted molar refractivity (Wildman–Crippen MR) is 98.8 cm³/mol. The van der Waals surface area contributed by atoms with Crippen molar-refractivity contribution in [2.45, 2.75) is 43.5 Å². The third-order valence-corrected chi connectivity index (χ3v) is 4.87. The lowest BCUT2D eigenvalue weighted by Gasteiger charge is -2.47. The van der Waals surface area contributed by atoms with Gasteiger partial charge in [0, 0.05) is 10.5 Å². The summed E-state index contributed by atoms with van der Waals surface area (Å²) in [6.07, 6.45) is -3.64. The van der Waals surface area contributed by atoms with Gasteiger partial charge in [0.1, 0.15) is 24.4 Å². The molecule has 2 aromatic rings. The van der Waals surface area contributed by atoms with E-state index in [0.717, 1.165) is 11.1 Å². The van der Waals surface area contributed by atoms with Gasteiger partial charge in [-0.1, -0.05) is 65.8 Å². The number of aliphatic hydroxyl groups excluding tert-OH is 1. The van der Waals surface area contributed by atoms with Crippen molar-refractivity contribution < 1.29 is 24.1 Å². The number of hydrogen-bond acceptors (Lipinski definition) is 6. The monoisotopic (exact) mass is 383 g/mol. The molecule has 8 heteroatoms. The second kappa shape index (κ2) is 8.70. The van der Waals surface area contributed by atoms with Crippen molar-refractivity contribution in [1.82, 2.24) is 0 Å². The molecule has 6 atom stereocenters. The van der Waals surface area contributed by atoms with Gasteiger partial charge in [-0.15, -0.1) is 0 Å². The summed E-state index contributed by atoms with van der Waals surface area (Å²) in [6, 6.07) is 18.3. The average Bonchev–Trinajstić information content (AvgIpc) is 2.75. The molecular weight excluding hydrogens is 362 g/mol. The van der Waals surface area contributed by atoms with E-state index in [1.165, 1.54) is 0 Å². The van der Waals surface area contributed by atoms with Crippen LogP contribution in [0.3, 0.4) is 0 Å². The summed E-state index contributed by atoms with van der Waals surface area (Å²) in [7, 11) is 0. The lowest BCUT2D eigenvalue weighted by atomic mass is 9.96. The quantitative estimate of drug-likeness (QED) is 0.485. The van der Waals surface area contributed by atoms with Gasteiger partial charge in [-0.25, -0.2) is 0 Å². The molecule has 2 saturated heterocycles. The Bertz CT molecular complexity index is 815. The van der Waals surface area contributed by atoms with Crippen LogP contribution in [0.5, 0.6) is 0 Å². The van der Waals surface area contributed by atoms with Crippen LogP contribution in [-0.2, 0) is 25.6 Å². The highest BCUT2D eigenvalue weighted by molar-refractivity contribution is 5.17. The van der Waals surface area contributed by atoms with Crippen LogP contribution >= 0.6 is 0 Å². The molecular formula is C20H21N3O5. The molecule has 4 rings (SSSR count). The zero-order valence-electron chi connectivity index (χ0n) is 15.1. The summed E-state index contributed by atoms with van der Waals surface area (Å²) < 4.78 is 23.6. The van der Waals surface area contributed by atoms with Crippen molar-refractivity contribution in [3.05, 3.63) is 82.2 Å². The van der Waals surface area contributed by atoms with Gasteiger partial charge in [-0.3, -0.25) is 0 Å². The fourth-order valence-electron chi connectivity index (χ4n) is 3.50. The third-order valence-electron chi connectivity index (χ3n) is 4.87. The molecule has 0 radical (unpaired) electrons. The zero-order valence-corrected chi connectivity index (χ0v) is 15.1. The van der Waals surface area contributed by atoms with Gasteiger partial charge in [-0.2, -0.15) is 0 Å². The second-order valence-corrected chi connectivity index (χ2v) is 6.70. The van der Waals surface area contributed by atoms with E-state index in [4.69, 9.17) is 24.5 Å². The maximum Gasteiger partial charge on any atom is 0.184 e. The highest BCUT2D eigenvalue weighted by atomic mass is 16.7. The Morgan fingerprint density at radius 3 is 2.50 bits per heavy atom. The molecule has 0 aromatic heterocycles. The molecule has 0 spiro atoms. The van der Waals surface area contributed by atoms with Gasteiger partial charge < -0.3 is 24.1 Å². The lowest BCUT2D eigenvalue weighted by Crippen LogP contribution is -2.61. The van der Waals surface area contributed by atoms with E-state index in [9.17, 15) is 5.11 Å². The van der Waals surface area contributed by atoms with E-state index in [2.05, 4.69) is 10.0 Å². The molecule has 2 aromatic carbocycles. The summed E-state index contributed by atoms with van der Waals surface area (Å²) in [5.74, 6) is 0. The van der Waals surface area contributed by atoms with Crippen LogP contribution in [0, 0.1) is 0 Å². The molecule has 0 bridgehead atoms. The van der Waals surface area contributed by atoms with Gasteiger partial charge in [0.15, 0.2) is 12.6 Å². The van der Waals surface area contributed by atoms with Gasteiger partial charge in [0.25, 0.3) is 0 Å². The number of aliphatic hydroxyl groups is 1. The summed E-state index contributed by atoms with van der Waals surface area (Å²) >= 11 is 0. The molecule has 146 valence electrons. The first-order valence-electron chi connectivity index (χ1n) is 9.11. The first kappa shape index (κ1) is 18.9. The average molecular weight is 383 g/mol. The standard InChI is InChI=1S/C20H21N3O5/c21-23-22-16-18(25-11-13-7-3-1-4-8-13)17-15(27-19(16)24)12-26-20(28-17)14-9-5-2-6-10-14/h1-10,15-20,24H,11-12H2/t15-,16-,17+,18-,19?,20+/m1/s1. The number of nitrogens with zero attached hydrogens (tertiary/aromatic N) is 3. The SMILES string of the molecule is [N-]=[N+]=N[C@H]1C(O)O[C@@H]2CO[C@H](c3ccccc3)O[C@@H]2[C@@H]1OCc1ccccc1. The Morgan fingerprint density at radius 1 is 1.07 bits per heavy atom. The fraction of sp³-hybridized carbons (Fsp3) is 0.400. The van der Waals surface area contributed by atoms with E-state index in [1.54, 1.807) is 0 Å². The van der Waals surface area contributed by atoms with Crippen LogP contribution in [0.15, 0.2) is 65.8 Å². The molecule has 2 fully saturated rings. The van der Waals surface area contributed by atoms with Gasteiger partial charge in [0.05, 0.1) is 13.2 Å². The number of azide groups is 1. The summed E-state index contributed by atoms with van der Waals surface area (Å²) in [4.78, 5) is 2.85. The van der Waals surface area contributed by atoms with Gasteiger partial charge >= 0.3 is 0 Å². The molecule has 28 heavy (non-hydrogen) atoms. The van der Waals surface area contributed by atoms with Gasteiger partial charge in [0.2, 0.25) is 0 Å². The molecule has 8 nitrogen and oxygen atoms in total. The molecule has 1 unspecified atom stereocenters. The summed E-state index contributed by atoms with van der Waals surface area (Å²) in [6.45, 7) is 0.522. The topological polar surface area (TPSA) is 106 Å². The number of ether oxygens (including phenoxy) is 4. The van der Waals surface area contributed by atoms with Crippen LogP contribution in [0.4, 0.5) is 0 Å². The lowest BCUT2D eigenvalue weighted by molar-refractivity contribution is -0.341. The molecule has 2 aliphatic heterocycles. The minimum absolute atomic E-state index is 0.232. The summed E-state index contributed by atoms with van der Waals surface area (Å²) in [5.41, 5.74) is 10.8. The maximum atomic E-state index is 10.3. The fourth-order valence-corrected chi connectivity index (χ4v) is 3.50. The molecule has 0 amide bonds. The molecule has 1 N–H and O–H groups in total. The molecule has 0 saturated carbocycles. The smallest absolute Gasteiger partial charge is 0.184 e. The van der Waals surface area contributed by atoms with E-state index in [0.29, 0.717) is 6.61 Å². The van der Waals surface area contributed by atoms with Gasteiger partial charge in [-0.05, 0) is 11.1 Å². The Balaban J connectivity index is 1.56. The van der Waals surface area contributed by atoms with Crippen LogP contribution in [0.2, 0.25) is 0 Å². The maximum absolute atomic E-state index is 10.3. The third kappa shape index (κ3) is 4.02. The highest BCUT2D eigenvalue weighted by Gasteiger charge is 2.50. The molecule has 0 aliphatic carbocycles. The first-order valence-corrected chi connectivity index (χ1v) is 9.11. The Kier molecular flexibility index (Phi) is 5.87. The number of rotatable bonds is 5. The van der Waals surface area contributed by atoms with Crippen molar-refractivity contribution in [2.24, 2.45) is 5.11 Å². The Labute approximate surface area is 162 Å². The normalized spacial score (nSPS) is 32.2. The molecule has 2 aliphatic rings. The number of hydrogen-bond donors (Lipinski definition) is 1. The van der Waals surface area contributed by atoms with E-state index in [1.807, 2.05) is 60.7 Å². The largest absolute Gasteiger partial charge is 0.370 e. The first-order chi connectivity index (χ1) is 13.8. The van der Waals surface area contributed by atoms with Crippen molar-refractivity contribution in [3.8, 4) is 0 Å². The minimum atomic E-state index is -1.29. The van der Waals surface area contributed by atoms with E-state index < -0.39 is 36.9 Å². The van der Waals surface area contributed by atoms with Crippen LogP contribution in [-0.4, -0.2) is 42.4 Å². The highest BCUT2D eigenvalue weighted by Crippen LogP contribution is 2.36.